The Bertz CT molecular complexity index is 465. The van der Waals surface area contributed by atoms with Crippen LogP contribution in [0.15, 0.2) is 24.3 Å². The summed E-state index contributed by atoms with van der Waals surface area (Å²) in [6.07, 6.45) is 1.65. The molecule has 1 fully saturated rings. The lowest BCUT2D eigenvalue weighted by Crippen LogP contribution is -2.35. The number of carbonyl (C=O) groups is 1. The maximum absolute atomic E-state index is 11.0. The minimum absolute atomic E-state index is 0.369. The number of carboxylic acids is 1. The van der Waals surface area contributed by atoms with Gasteiger partial charge in [0.1, 0.15) is 6.04 Å². The summed E-state index contributed by atoms with van der Waals surface area (Å²) in [5, 5.41) is 9.07. The summed E-state index contributed by atoms with van der Waals surface area (Å²) >= 11 is 0. The van der Waals surface area contributed by atoms with Crippen molar-refractivity contribution in [2.24, 2.45) is 0 Å². The molecule has 0 radical (unpaired) electrons. The molecule has 0 aromatic heterocycles. The van der Waals surface area contributed by atoms with Gasteiger partial charge in [-0.2, -0.15) is 0 Å². The Morgan fingerprint density at radius 3 is 3.12 bits per heavy atom. The zero-order chi connectivity index (χ0) is 12.3. The lowest BCUT2D eigenvalue weighted by Gasteiger charge is -2.21. The molecule has 88 valence electrons. The second kappa shape index (κ2) is 4.98. The number of hydrogen-bond donors (Lipinski definition) is 1. The van der Waals surface area contributed by atoms with Gasteiger partial charge in [-0.15, -0.1) is 0 Å². The molecule has 1 saturated heterocycles. The van der Waals surface area contributed by atoms with Crippen molar-refractivity contribution in [3.8, 4) is 0 Å². The van der Waals surface area contributed by atoms with Gasteiger partial charge in [0.2, 0.25) is 0 Å². The molecule has 0 saturated carbocycles. The molecule has 17 heavy (non-hydrogen) atoms. The molecular weight excluding hydrogens is 216 g/mol. The summed E-state index contributed by atoms with van der Waals surface area (Å²) in [5.41, 5.74) is 1.61. The third-order valence-corrected chi connectivity index (χ3v) is 3.07. The smallest absolute Gasteiger partial charge is 0.320 e. The second-order valence-corrected chi connectivity index (χ2v) is 4.25. The highest BCUT2D eigenvalue weighted by atomic mass is 16.4. The average Bonchev–Trinajstić information content (AvgIpc) is 2.77. The van der Waals surface area contributed by atoms with E-state index in [1.807, 2.05) is 23.1 Å². The van der Waals surface area contributed by atoms with E-state index >= 15 is 0 Å². The van der Waals surface area contributed by atoms with E-state index in [-0.39, 0.29) is 6.04 Å². The number of aliphatic carboxylic acids is 1. The Morgan fingerprint density at radius 2 is 2.41 bits per heavy atom. The Morgan fingerprint density at radius 1 is 1.59 bits per heavy atom. The van der Waals surface area contributed by atoms with Gasteiger partial charge in [0.15, 0.2) is 5.69 Å². The standard InChI is InChI=1S/C13H14N2O2/c1-14-11-5-2-4-10(8-11)9-15-7-3-6-12(15)13(16)17/h2,4-5,8,12H,3,6-7,9H2,(H,16,17)/t12-/m1/s1. The normalized spacial score (nSPS) is 20.1. The van der Waals surface area contributed by atoms with Crippen LogP contribution in [0.4, 0.5) is 5.69 Å². The summed E-state index contributed by atoms with van der Waals surface area (Å²) in [7, 11) is 0. The first-order valence-corrected chi connectivity index (χ1v) is 5.64. The zero-order valence-corrected chi connectivity index (χ0v) is 9.47. The van der Waals surface area contributed by atoms with Gasteiger partial charge in [0, 0.05) is 6.54 Å². The van der Waals surface area contributed by atoms with Gasteiger partial charge in [-0.3, -0.25) is 9.69 Å². The van der Waals surface area contributed by atoms with Crippen molar-refractivity contribution in [3.05, 3.63) is 41.2 Å². The maximum Gasteiger partial charge on any atom is 0.320 e. The first-order valence-electron chi connectivity index (χ1n) is 5.64. The van der Waals surface area contributed by atoms with Crippen LogP contribution in [0.2, 0.25) is 0 Å². The van der Waals surface area contributed by atoms with Crippen molar-refractivity contribution in [2.45, 2.75) is 25.4 Å². The molecule has 1 atom stereocenters. The molecule has 1 aromatic carbocycles. The molecule has 4 nitrogen and oxygen atoms in total. The van der Waals surface area contributed by atoms with Crippen LogP contribution < -0.4 is 0 Å². The number of carboxylic acid groups (broad SMARTS) is 1. The highest BCUT2D eigenvalue weighted by Gasteiger charge is 2.30. The number of nitrogens with zero attached hydrogens (tertiary/aromatic N) is 2. The van der Waals surface area contributed by atoms with Crippen LogP contribution in [-0.2, 0) is 11.3 Å². The summed E-state index contributed by atoms with van der Waals surface area (Å²) < 4.78 is 0. The molecule has 0 amide bonds. The molecule has 1 N–H and O–H groups in total. The largest absolute Gasteiger partial charge is 0.480 e. The van der Waals surface area contributed by atoms with E-state index in [2.05, 4.69) is 4.85 Å². The van der Waals surface area contributed by atoms with Crippen LogP contribution >= 0.6 is 0 Å². The second-order valence-electron chi connectivity index (χ2n) is 4.25. The fraction of sp³-hybridized carbons (Fsp3) is 0.385. The van der Waals surface area contributed by atoms with Gasteiger partial charge in [-0.25, -0.2) is 4.85 Å². The van der Waals surface area contributed by atoms with Gasteiger partial charge in [0.25, 0.3) is 0 Å². The summed E-state index contributed by atoms with van der Waals surface area (Å²) in [5.74, 6) is -0.746. The molecular formula is C13H14N2O2. The Kier molecular flexibility index (Phi) is 3.40. The van der Waals surface area contributed by atoms with Gasteiger partial charge in [-0.05, 0) is 24.9 Å². The fourth-order valence-electron chi connectivity index (χ4n) is 2.25. The van der Waals surface area contributed by atoms with Crippen LogP contribution in [0.1, 0.15) is 18.4 Å². The van der Waals surface area contributed by atoms with Crippen molar-refractivity contribution in [2.75, 3.05) is 6.54 Å². The molecule has 1 heterocycles. The van der Waals surface area contributed by atoms with Crippen molar-refractivity contribution < 1.29 is 9.90 Å². The first kappa shape index (κ1) is 11.6. The molecule has 2 rings (SSSR count). The summed E-state index contributed by atoms with van der Waals surface area (Å²) in [6.45, 7) is 8.38. The molecule has 1 aromatic rings. The van der Waals surface area contributed by atoms with Crippen LogP contribution in [0.3, 0.4) is 0 Å². The predicted octanol–water partition coefficient (Wildman–Crippen LogP) is 2.29. The highest BCUT2D eigenvalue weighted by Crippen LogP contribution is 2.22. The maximum atomic E-state index is 11.0. The quantitative estimate of drug-likeness (QED) is 0.810. The Labute approximate surface area is 100 Å². The highest BCUT2D eigenvalue weighted by molar-refractivity contribution is 5.73. The van der Waals surface area contributed by atoms with Crippen LogP contribution in [0, 0.1) is 6.57 Å². The number of hydrogen-bond acceptors (Lipinski definition) is 2. The number of likely N-dealkylation sites (tertiary alicyclic amines) is 1. The molecule has 0 spiro atoms. The minimum atomic E-state index is -0.746. The average molecular weight is 230 g/mol. The van der Waals surface area contributed by atoms with E-state index in [0.29, 0.717) is 12.2 Å². The third kappa shape index (κ3) is 2.63. The zero-order valence-electron chi connectivity index (χ0n) is 9.47. The summed E-state index contributed by atoms with van der Waals surface area (Å²) in [6, 6.07) is 6.99. The molecule has 1 aliphatic heterocycles. The molecule has 0 aliphatic carbocycles. The third-order valence-electron chi connectivity index (χ3n) is 3.07. The predicted molar refractivity (Wildman–Crippen MR) is 63.8 cm³/mol. The monoisotopic (exact) mass is 230 g/mol. The van der Waals surface area contributed by atoms with Gasteiger partial charge >= 0.3 is 5.97 Å². The Hall–Kier alpha value is -1.86. The van der Waals surface area contributed by atoms with Crippen LogP contribution in [0.25, 0.3) is 4.85 Å². The minimum Gasteiger partial charge on any atom is -0.480 e. The fourth-order valence-corrected chi connectivity index (χ4v) is 2.25. The molecule has 1 aliphatic rings. The molecule has 0 bridgehead atoms. The van der Waals surface area contributed by atoms with E-state index in [4.69, 9.17) is 11.7 Å². The number of rotatable bonds is 3. The topological polar surface area (TPSA) is 44.9 Å². The lowest BCUT2D eigenvalue weighted by atomic mass is 10.1. The van der Waals surface area contributed by atoms with E-state index in [9.17, 15) is 4.79 Å². The summed E-state index contributed by atoms with van der Waals surface area (Å²) in [4.78, 5) is 16.4. The van der Waals surface area contributed by atoms with Crippen molar-refractivity contribution in [1.29, 1.82) is 0 Å². The number of benzene rings is 1. The first-order chi connectivity index (χ1) is 8.20. The van der Waals surface area contributed by atoms with E-state index in [1.54, 1.807) is 6.07 Å². The van der Waals surface area contributed by atoms with Crippen LogP contribution in [-0.4, -0.2) is 28.6 Å². The van der Waals surface area contributed by atoms with Crippen molar-refractivity contribution >= 4 is 11.7 Å². The van der Waals surface area contributed by atoms with E-state index < -0.39 is 5.97 Å². The lowest BCUT2D eigenvalue weighted by molar-refractivity contribution is -0.142. The molecule has 4 heteroatoms. The van der Waals surface area contributed by atoms with E-state index in [1.165, 1.54) is 0 Å². The SMILES string of the molecule is [C-]#[N+]c1cccc(CN2CCC[C@@H]2C(=O)O)c1. The molecule has 0 unspecified atom stereocenters. The van der Waals surface area contributed by atoms with Crippen molar-refractivity contribution in [1.82, 2.24) is 4.90 Å². The van der Waals surface area contributed by atoms with Gasteiger partial charge in [0.05, 0.1) is 6.57 Å². The van der Waals surface area contributed by atoms with Gasteiger partial charge < -0.3 is 5.11 Å². The van der Waals surface area contributed by atoms with E-state index in [0.717, 1.165) is 24.9 Å². The van der Waals surface area contributed by atoms with Crippen LogP contribution in [0.5, 0.6) is 0 Å². The van der Waals surface area contributed by atoms with Crippen molar-refractivity contribution in [3.63, 3.8) is 0 Å². The Balaban J connectivity index is 2.10. The van der Waals surface area contributed by atoms with Gasteiger partial charge in [-0.1, -0.05) is 24.3 Å².